The van der Waals surface area contributed by atoms with Gasteiger partial charge >= 0.3 is 0 Å². The topological polar surface area (TPSA) is 521 Å². The van der Waals surface area contributed by atoms with Gasteiger partial charge in [0.25, 0.3) is 0 Å². The standard InChI is InChI=1S/C73H102N16O16S2.C5H10/c1-41(91)60(72(104)86-53(34-45-24-12-7-13-25-45)70(102)89-61(42(2)92)73(105)87-56(38-90)62(94)63(95)57(39-106)77-3)88-65(97)50(29-17-19-31-75)80-68(100)54(35-46-37-79-48-27-15-14-26-47(46)48)84-67(99)52(33-44-22-10-6-11-23-44)82-66(98)51(32-43-20-8-5-9-21-43)83-69(101)55(36-59(76)93)85-64(96)49(28-16-18-30-74)81-71(103)58(40-107)78-4;1-5(2)3-4-5/h5-15,20-27,37,41-42,49-58,60-61,77-79,90-92,106-107H,16-19,28-36,38-40,74-75H2,1-4H3,(H2,76,93)(H,80,100)(H,81,103)(H,82,98)(H,83,101)(H,84,99)(H,85,96)(H,86,104)(H,87,105)(H,88,97)(H,89,102);3-4H2,1-2H3/t41-,42-,49?,50+,51?,52+,53+,54?,55+,56+,57+,58+,60+,61+;/m1./s1. The number of nitrogens with two attached hydrogens (primary N) is 3. The second-order valence-electron chi connectivity index (χ2n) is 28.4. The van der Waals surface area contributed by atoms with Crippen molar-refractivity contribution < 1.29 is 77.6 Å². The summed E-state index contributed by atoms with van der Waals surface area (Å²) in [4.78, 5) is 187. The number of benzene rings is 4. The van der Waals surface area contributed by atoms with Crippen LogP contribution in [0, 0.1) is 5.41 Å². The van der Waals surface area contributed by atoms with Crippen LogP contribution in [0.15, 0.2) is 121 Å². The minimum Gasteiger partial charge on any atom is -0.394 e. The predicted molar refractivity (Wildman–Crippen MR) is 428 cm³/mol. The number of aromatic amines is 1. The Morgan fingerprint density at radius 1 is 0.429 bits per heavy atom. The molecule has 0 saturated heterocycles. The number of carbonyl (C=O) groups excluding carboxylic acids is 13. The van der Waals surface area contributed by atoms with Gasteiger partial charge in [0.2, 0.25) is 76.5 Å². The molecule has 32 nitrogen and oxygen atoms in total. The number of aromatic nitrogens is 1. The number of Topliss-reactive ketones (excluding diaryl/α,β-unsaturated/α-hetero) is 2. The van der Waals surface area contributed by atoms with Crippen molar-refractivity contribution in [2.45, 2.75) is 196 Å². The number of thiol groups is 2. The molecule has 612 valence electrons. The van der Waals surface area contributed by atoms with Gasteiger partial charge in [-0.1, -0.05) is 123 Å². The van der Waals surface area contributed by atoms with Crippen LogP contribution in [0.25, 0.3) is 10.9 Å². The van der Waals surface area contributed by atoms with Crippen LogP contribution >= 0.6 is 25.3 Å². The molecule has 11 amide bonds. The number of aliphatic hydroxyl groups is 3. The third-order valence-corrected chi connectivity index (χ3v) is 19.5. The van der Waals surface area contributed by atoms with Crippen molar-refractivity contribution in [3.8, 4) is 0 Å². The van der Waals surface area contributed by atoms with Crippen molar-refractivity contribution in [3.05, 3.63) is 144 Å². The first-order chi connectivity index (χ1) is 53.4. The average molecular weight is 1590 g/mol. The number of H-pyrrole nitrogens is 1. The molecular weight excluding hydrogens is 1480 g/mol. The van der Waals surface area contributed by atoms with Crippen LogP contribution < -0.4 is 81.0 Å². The Morgan fingerprint density at radius 2 is 0.750 bits per heavy atom. The fourth-order valence-corrected chi connectivity index (χ4v) is 12.4. The van der Waals surface area contributed by atoms with E-state index in [1.165, 1.54) is 33.9 Å². The Hall–Kier alpha value is -9.65. The van der Waals surface area contributed by atoms with Crippen molar-refractivity contribution in [2.24, 2.45) is 22.6 Å². The lowest BCUT2D eigenvalue weighted by Crippen LogP contribution is -2.63. The highest BCUT2D eigenvalue weighted by atomic mass is 32.1. The smallest absolute Gasteiger partial charge is 0.245 e. The maximum atomic E-state index is 15.3. The van der Waals surface area contributed by atoms with Crippen LogP contribution in [0.5, 0.6) is 0 Å². The van der Waals surface area contributed by atoms with Crippen molar-refractivity contribution in [3.63, 3.8) is 0 Å². The van der Waals surface area contributed by atoms with E-state index < -0.39 is 174 Å². The molecule has 1 aromatic heterocycles. The summed E-state index contributed by atoms with van der Waals surface area (Å²) in [5.41, 5.74) is 20.7. The molecule has 1 heterocycles. The van der Waals surface area contributed by atoms with Gasteiger partial charge in [0.05, 0.1) is 37.3 Å². The molecule has 1 fully saturated rings. The van der Waals surface area contributed by atoms with Gasteiger partial charge in [0.15, 0.2) is 0 Å². The number of aliphatic hydroxyl groups excluding tert-OH is 3. The molecule has 1 aliphatic carbocycles. The zero-order chi connectivity index (χ0) is 82.6. The van der Waals surface area contributed by atoms with Crippen molar-refractivity contribution >= 4 is 113 Å². The number of hydrogen-bond acceptors (Lipinski definition) is 22. The molecule has 5 aromatic rings. The van der Waals surface area contributed by atoms with Crippen LogP contribution in [0.2, 0.25) is 0 Å². The molecule has 1 saturated carbocycles. The van der Waals surface area contributed by atoms with Crippen LogP contribution in [-0.2, 0) is 88.0 Å². The fraction of sp³-hybridized carbons (Fsp3) is 0.500. The van der Waals surface area contributed by atoms with Gasteiger partial charge in [0, 0.05) is 54.3 Å². The van der Waals surface area contributed by atoms with E-state index in [1.54, 1.807) is 121 Å². The highest BCUT2D eigenvalue weighted by Gasteiger charge is 2.40. The molecule has 22 N–H and O–H groups in total. The van der Waals surface area contributed by atoms with Gasteiger partial charge < -0.3 is 101 Å². The number of carbonyl (C=O) groups is 13. The Balaban J connectivity index is 0.00000430. The fourth-order valence-electron chi connectivity index (χ4n) is 11.7. The maximum absolute atomic E-state index is 15.3. The number of unbranched alkanes of at least 4 members (excludes halogenated alkanes) is 2. The van der Waals surface area contributed by atoms with E-state index in [9.17, 15) is 63.3 Å². The van der Waals surface area contributed by atoms with E-state index in [2.05, 4.69) is 108 Å². The van der Waals surface area contributed by atoms with Gasteiger partial charge in [0.1, 0.15) is 60.4 Å². The number of hydrogen-bond donors (Lipinski definition) is 21. The molecule has 0 bridgehead atoms. The van der Waals surface area contributed by atoms with E-state index >= 15 is 14.4 Å². The zero-order valence-electron chi connectivity index (χ0n) is 64.1. The van der Waals surface area contributed by atoms with Crippen LogP contribution in [-0.4, -0.2) is 227 Å². The summed E-state index contributed by atoms with van der Waals surface area (Å²) >= 11 is 8.27. The molecule has 0 radical (unpaired) electrons. The monoisotopic (exact) mass is 1590 g/mol. The van der Waals surface area contributed by atoms with Crippen molar-refractivity contribution in [1.29, 1.82) is 0 Å². The van der Waals surface area contributed by atoms with E-state index in [4.69, 9.17) is 17.2 Å². The van der Waals surface area contributed by atoms with Gasteiger partial charge in [-0.2, -0.15) is 25.3 Å². The first kappa shape index (κ1) is 93.0. The molecule has 0 spiro atoms. The highest BCUT2D eigenvalue weighted by molar-refractivity contribution is 7.80. The summed E-state index contributed by atoms with van der Waals surface area (Å²) in [6.07, 6.45) is 0.752. The lowest BCUT2D eigenvalue weighted by atomic mass is 10.00. The number of amides is 11. The number of nitrogens with one attached hydrogen (secondary N) is 13. The summed E-state index contributed by atoms with van der Waals surface area (Å²) in [7, 11) is 2.93. The molecule has 1 aliphatic rings. The minimum absolute atomic E-state index is 0.0706. The lowest BCUT2D eigenvalue weighted by molar-refractivity contribution is -0.141. The van der Waals surface area contributed by atoms with Crippen LogP contribution in [0.4, 0.5) is 0 Å². The number of para-hydroxylation sites is 1. The lowest BCUT2D eigenvalue weighted by Gasteiger charge is -2.29. The SMILES string of the molecule is CC1(C)CC1.CN[C@@H](CS)C(=O)NC(CCCCN)C(=O)N[C@@H](CC(N)=O)C(=O)NC(Cc1ccccc1)C(=O)N[C@@H](Cc1ccccc1)C(=O)NC(Cc1c[nH]c2ccccc12)C(=O)N[C@@H](CCCCN)C(=O)N[C@H](C(=O)N[C@@H](Cc1ccccc1)C(=O)N[C@H](C(=O)N[C@@H](CO)C(=O)C(=O)[C@H](CS)NC)[C@@H](C)O)[C@@H](C)O. The molecule has 4 aromatic carbocycles. The van der Waals surface area contributed by atoms with Gasteiger partial charge in [-0.15, -0.1) is 0 Å². The third kappa shape index (κ3) is 30.8. The Morgan fingerprint density at radius 3 is 1.12 bits per heavy atom. The second-order valence-corrected chi connectivity index (χ2v) is 29.2. The maximum Gasteiger partial charge on any atom is 0.245 e. The Labute approximate surface area is 663 Å². The molecule has 6 rings (SSSR count). The van der Waals surface area contributed by atoms with Crippen LogP contribution in [0.1, 0.15) is 108 Å². The summed E-state index contributed by atoms with van der Waals surface area (Å²) in [5.74, 6) is -13.0. The molecule has 34 heteroatoms. The molecule has 0 aliphatic heterocycles. The van der Waals surface area contributed by atoms with E-state index in [1.807, 2.05) is 0 Å². The molecule has 112 heavy (non-hydrogen) atoms. The van der Waals surface area contributed by atoms with Gasteiger partial charge in [-0.25, -0.2) is 0 Å². The van der Waals surface area contributed by atoms with E-state index in [0.717, 1.165) is 12.3 Å². The predicted octanol–water partition coefficient (Wildman–Crippen LogP) is -1.85. The Kier molecular flexibility index (Phi) is 39.5. The summed E-state index contributed by atoms with van der Waals surface area (Å²) < 4.78 is 0. The minimum atomic E-state index is -1.88. The molecule has 14 atom stereocenters. The van der Waals surface area contributed by atoms with E-state index in [0.29, 0.717) is 52.4 Å². The first-order valence-corrected chi connectivity index (χ1v) is 38.7. The average Bonchev–Trinajstić information content (AvgIpc) is 1.54. The first-order valence-electron chi connectivity index (χ1n) is 37.4. The van der Waals surface area contributed by atoms with Gasteiger partial charge in [-0.05, 0) is 126 Å². The van der Waals surface area contributed by atoms with Gasteiger partial charge in [-0.3, -0.25) is 62.3 Å². The quantitative estimate of drug-likeness (QED) is 0.0116. The summed E-state index contributed by atoms with van der Waals surface area (Å²) in [5, 5.41) is 63.9. The number of likely N-dealkylation sites (N-methyl/N-ethyl adjacent to an activating group) is 2. The van der Waals surface area contributed by atoms with E-state index in [-0.39, 0.29) is 69.5 Å². The number of ketones is 2. The molecule has 3 unspecified atom stereocenters. The number of primary amides is 1. The summed E-state index contributed by atoms with van der Waals surface area (Å²) in [6, 6.07) is 14.0. The third-order valence-electron chi connectivity index (χ3n) is 18.8. The number of fused-ring (bicyclic) bond motifs is 1. The van der Waals surface area contributed by atoms with Crippen molar-refractivity contribution in [1.82, 2.24) is 68.8 Å². The normalized spacial score (nSPS) is 15.8. The summed E-state index contributed by atoms with van der Waals surface area (Å²) in [6.45, 7) is 6.27. The second kappa shape index (κ2) is 47.7. The zero-order valence-corrected chi connectivity index (χ0v) is 65.9. The van der Waals surface area contributed by atoms with Crippen LogP contribution in [0.3, 0.4) is 0 Å². The highest BCUT2D eigenvalue weighted by Crippen LogP contribution is 2.43. The molecular formula is C78H112N16O16S2. The van der Waals surface area contributed by atoms with Crippen molar-refractivity contribution in [2.75, 3.05) is 45.3 Å². The Bertz CT molecular complexity index is 3900. The largest absolute Gasteiger partial charge is 0.394 e. The number of rotatable bonds is 48.